The Labute approximate surface area is 128 Å². The fourth-order valence-corrected chi connectivity index (χ4v) is 3.87. The maximum absolute atomic E-state index is 12.1. The molecule has 7 nitrogen and oxygen atoms in total. The van der Waals surface area contributed by atoms with Crippen LogP contribution in [0.15, 0.2) is 21.4 Å². The van der Waals surface area contributed by atoms with Gasteiger partial charge in [-0.25, -0.2) is 9.67 Å². The fraction of sp³-hybridized carbons (Fsp3) is 0.417. The van der Waals surface area contributed by atoms with Crippen molar-refractivity contribution in [2.45, 2.75) is 36.7 Å². The quantitative estimate of drug-likeness (QED) is 0.681. The van der Waals surface area contributed by atoms with Crippen molar-refractivity contribution in [1.29, 1.82) is 0 Å². The highest BCUT2D eigenvalue weighted by atomic mass is 32.2. The number of nitrogens with zero attached hydrogens (tertiary/aromatic N) is 6. The van der Waals surface area contributed by atoms with Crippen LogP contribution in [0.25, 0.3) is 4.96 Å². The van der Waals surface area contributed by atoms with Crippen LogP contribution in [0.4, 0.5) is 0 Å². The molecular formula is C12H12N6OS2. The predicted molar refractivity (Wildman–Crippen MR) is 79.7 cm³/mol. The van der Waals surface area contributed by atoms with Gasteiger partial charge in [-0.05, 0) is 30.2 Å². The molecule has 0 aliphatic heterocycles. The lowest BCUT2D eigenvalue weighted by Crippen LogP contribution is -2.14. The number of aromatic nitrogens is 6. The number of thioether (sulfide) groups is 1. The maximum atomic E-state index is 12.1. The Morgan fingerprint density at radius 3 is 3.14 bits per heavy atom. The van der Waals surface area contributed by atoms with E-state index >= 15 is 0 Å². The van der Waals surface area contributed by atoms with E-state index in [1.165, 1.54) is 23.1 Å². The Hall–Kier alpha value is -1.74. The van der Waals surface area contributed by atoms with Gasteiger partial charge >= 0.3 is 0 Å². The summed E-state index contributed by atoms with van der Waals surface area (Å²) in [4.78, 5) is 17.4. The zero-order valence-corrected chi connectivity index (χ0v) is 12.9. The Morgan fingerprint density at radius 1 is 1.48 bits per heavy atom. The minimum absolute atomic E-state index is 0.0314. The average Bonchev–Trinajstić information content (AvgIpc) is 3.08. The lowest BCUT2D eigenvalue weighted by molar-refractivity contribution is 0.565. The zero-order valence-electron chi connectivity index (χ0n) is 11.3. The second kappa shape index (κ2) is 4.92. The normalized spacial score (nSPS) is 14.9. The van der Waals surface area contributed by atoms with Crippen LogP contribution < -0.4 is 5.56 Å². The molecule has 3 aromatic rings. The molecule has 0 radical (unpaired) electrons. The molecule has 21 heavy (non-hydrogen) atoms. The van der Waals surface area contributed by atoms with Crippen molar-refractivity contribution in [2.24, 2.45) is 0 Å². The van der Waals surface area contributed by atoms with Crippen LogP contribution in [0.1, 0.15) is 30.3 Å². The van der Waals surface area contributed by atoms with Crippen LogP contribution in [0.3, 0.4) is 0 Å². The van der Waals surface area contributed by atoms with E-state index in [4.69, 9.17) is 0 Å². The van der Waals surface area contributed by atoms with Gasteiger partial charge in [-0.1, -0.05) is 11.8 Å². The van der Waals surface area contributed by atoms with Crippen molar-refractivity contribution in [2.75, 3.05) is 0 Å². The molecular weight excluding hydrogens is 308 g/mol. The molecule has 0 unspecified atom stereocenters. The minimum Gasteiger partial charge on any atom is -0.269 e. The first-order chi connectivity index (χ1) is 10.2. The summed E-state index contributed by atoms with van der Waals surface area (Å²) in [7, 11) is 0. The Morgan fingerprint density at radius 2 is 2.33 bits per heavy atom. The fourth-order valence-electron chi connectivity index (χ4n) is 2.14. The summed E-state index contributed by atoms with van der Waals surface area (Å²) in [5.74, 6) is 0.593. The van der Waals surface area contributed by atoms with E-state index in [0.717, 1.165) is 34.3 Å². The maximum Gasteiger partial charge on any atom is 0.258 e. The van der Waals surface area contributed by atoms with E-state index in [9.17, 15) is 4.79 Å². The molecule has 0 amide bonds. The summed E-state index contributed by atoms with van der Waals surface area (Å²) in [6.07, 6.45) is 2.28. The second-order valence-electron chi connectivity index (χ2n) is 5.01. The summed E-state index contributed by atoms with van der Waals surface area (Å²) in [5, 5.41) is 14.5. The number of aryl methyl sites for hydroxylation is 1. The molecule has 0 N–H and O–H groups in total. The summed E-state index contributed by atoms with van der Waals surface area (Å²) < 4.78 is 3.50. The molecule has 4 rings (SSSR count). The van der Waals surface area contributed by atoms with Crippen molar-refractivity contribution in [3.8, 4) is 0 Å². The summed E-state index contributed by atoms with van der Waals surface area (Å²) in [5.41, 5.74) is 1.65. The van der Waals surface area contributed by atoms with Crippen LogP contribution in [0.2, 0.25) is 0 Å². The van der Waals surface area contributed by atoms with E-state index in [1.54, 1.807) is 10.5 Å². The second-order valence-corrected chi connectivity index (χ2v) is 6.79. The van der Waals surface area contributed by atoms with Crippen LogP contribution in [0.5, 0.6) is 0 Å². The van der Waals surface area contributed by atoms with Gasteiger partial charge in [0.15, 0.2) is 4.96 Å². The standard InChI is InChI=1S/C12H12N6OS2/c1-7-5-20-11-13-8(4-10(19)17(7)11)6-21-12-14-15-16-18(12)9-2-3-9/h4-5,9H,2-3,6H2,1H3. The molecule has 3 aromatic heterocycles. The van der Waals surface area contributed by atoms with E-state index in [1.807, 2.05) is 17.0 Å². The highest BCUT2D eigenvalue weighted by molar-refractivity contribution is 7.98. The monoisotopic (exact) mass is 320 g/mol. The highest BCUT2D eigenvalue weighted by Gasteiger charge is 2.27. The lowest BCUT2D eigenvalue weighted by Gasteiger charge is -2.02. The van der Waals surface area contributed by atoms with Crippen molar-refractivity contribution >= 4 is 28.1 Å². The van der Waals surface area contributed by atoms with E-state index in [2.05, 4.69) is 20.5 Å². The number of thiazole rings is 1. The largest absolute Gasteiger partial charge is 0.269 e. The van der Waals surface area contributed by atoms with Gasteiger partial charge in [-0.15, -0.1) is 16.4 Å². The van der Waals surface area contributed by atoms with Crippen LogP contribution in [0, 0.1) is 6.92 Å². The predicted octanol–water partition coefficient (Wildman–Crippen LogP) is 1.68. The third kappa shape index (κ3) is 2.36. The SMILES string of the molecule is Cc1csc2nc(CSc3nnnn3C3CC3)cc(=O)n12. The van der Waals surface area contributed by atoms with Crippen LogP contribution >= 0.6 is 23.1 Å². The number of rotatable bonds is 4. The Kier molecular flexibility index (Phi) is 3.03. The van der Waals surface area contributed by atoms with E-state index in [-0.39, 0.29) is 5.56 Å². The van der Waals surface area contributed by atoms with Gasteiger partial charge in [0.1, 0.15) is 0 Å². The van der Waals surface area contributed by atoms with E-state index < -0.39 is 0 Å². The first kappa shape index (κ1) is 13.0. The number of hydrogen-bond donors (Lipinski definition) is 0. The van der Waals surface area contributed by atoms with Gasteiger partial charge in [-0.3, -0.25) is 9.20 Å². The van der Waals surface area contributed by atoms with Crippen LogP contribution in [-0.2, 0) is 5.75 Å². The number of fused-ring (bicyclic) bond motifs is 1. The lowest BCUT2D eigenvalue weighted by atomic mass is 10.4. The molecule has 1 aliphatic rings. The molecule has 1 aliphatic carbocycles. The van der Waals surface area contributed by atoms with Crippen molar-refractivity contribution in [1.82, 2.24) is 29.6 Å². The van der Waals surface area contributed by atoms with Gasteiger partial charge < -0.3 is 0 Å². The van der Waals surface area contributed by atoms with Gasteiger partial charge in [0.25, 0.3) is 5.56 Å². The zero-order chi connectivity index (χ0) is 14.4. The van der Waals surface area contributed by atoms with Gasteiger partial charge in [-0.2, -0.15) is 0 Å². The first-order valence-electron chi connectivity index (χ1n) is 6.60. The highest BCUT2D eigenvalue weighted by Crippen LogP contribution is 2.36. The molecule has 108 valence electrons. The molecule has 0 aromatic carbocycles. The third-order valence-electron chi connectivity index (χ3n) is 3.33. The minimum atomic E-state index is -0.0314. The van der Waals surface area contributed by atoms with Gasteiger partial charge in [0.05, 0.1) is 11.7 Å². The molecule has 1 fully saturated rings. The smallest absolute Gasteiger partial charge is 0.258 e. The third-order valence-corrected chi connectivity index (χ3v) is 5.24. The number of hydrogen-bond acceptors (Lipinski definition) is 7. The number of tetrazole rings is 1. The topological polar surface area (TPSA) is 78.0 Å². The molecule has 0 bridgehead atoms. The Bertz CT molecular complexity index is 862. The van der Waals surface area contributed by atoms with Gasteiger partial charge in [0, 0.05) is 22.9 Å². The molecule has 3 heterocycles. The van der Waals surface area contributed by atoms with Gasteiger partial charge in [0.2, 0.25) is 5.16 Å². The molecule has 1 saturated carbocycles. The molecule has 0 saturated heterocycles. The van der Waals surface area contributed by atoms with Crippen molar-refractivity contribution < 1.29 is 0 Å². The van der Waals surface area contributed by atoms with E-state index in [0.29, 0.717) is 11.8 Å². The summed E-state index contributed by atoms with van der Waals surface area (Å²) >= 11 is 3.00. The van der Waals surface area contributed by atoms with Crippen molar-refractivity contribution in [3.05, 3.63) is 33.2 Å². The Balaban J connectivity index is 1.59. The summed E-state index contributed by atoms with van der Waals surface area (Å²) in [6, 6.07) is 2.04. The summed E-state index contributed by atoms with van der Waals surface area (Å²) in [6.45, 7) is 1.91. The molecule has 9 heteroatoms. The average molecular weight is 320 g/mol. The molecule has 0 atom stereocenters. The first-order valence-corrected chi connectivity index (χ1v) is 8.46. The van der Waals surface area contributed by atoms with Crippen molar-refractivity contribution in [3.63, 3.8) is 0 Å². The molecule has 0 spiro atoms. The van der Waals surface area contributed by atoms with Crippen LogP contribution in [-0.4, -0.2) is 29.6 Å².